The molecule has 3 aromatic rings. The van der Waals surface area contributed by atoms with E-state index >= 15 is 4.39 Å². The molecule has 230 valence electrons. The van der Waals surface area contributed by atoms with Crippen LogP contribution >= 0.6 is 0 Å². The number of fused-ring (bicyclic) bond motifs is 2. The minimum absolute atomic E-state index is 0.0646. The van der Waals surface area contributed by atoms with Crippen molar-refractivity contribution >= 4 is 45.0 Å². The van der Waals surface area contributed by atoms with E-state index in [0.29, 0.717) is 30.2 Å². The fourth-order valence-electron chi connectivity index (χ4n) is 5.80. The molecule has 1 atom stereocenters. The van der Waals surface area contributed by atoms with Gasteiger partial charge < -0.3 is 19.7 Å². The molecule has 0 fully saturated rings. The van der Waals surface area contributed by atoms with Gasteiger partial charge >= 0.3 is 0 Å². The van der Waals surface area contributed by atoms with E-state index in [-0.39, 0.29) is 18.7 Å². The zero-order valence-electron chi connectivity index (χ0n) is 27.2. The third-order valence-electron chi connectivity index (χ3n) is 8.12. The number of anilines is 2. The van der Waals surface area contributed by atoms with E-state index in [1.807, 2.05) is 39.0 Å². The predicted molar refractivity (Wildman–Crippen MR) is 179 cm³/mol. The summed E-state index contributed by atoms with van der Waals surface area (Å²) in [5.74, 6) is 1.90. The van der Waals surface area contributed by atoms with Crippen LogP contribution in [-0.4, -0.2) is 55.3 Å². The molecule has 0 aliphatic heterocycles. The van der Waals surface area contributed by atoms with Crippen molar-refractivity contribution in [3.8, 4) is 5.75 Å². The highest BCUT2D eigenvalue weighted by Gasteiger charge is 2.34. The Bertz CT molecular complexity index is 1570. The Morgan fingerprint density at radius 1 is 1.09 bits per heavy atom. The predicted octanol–water partition coefficient (Wildman–Crippen LogP) is 8.18. The van der Waals surface area contributed by atoms with Crippen molar-refractivity contribution in [1.82, 2.24) is 9.97 Å². The average Bonchev–Trinajstić information content (AvgIpc) is 3.01. The van der Waals surface area contributed by atoms with Crippen LogP contribution in [0, 0.1) is 5.82 Å². The maximum absolute atomic E-state index is 15.4. The molecule has 0 spiro atoms. The number of allylic oxidation sites excluding steroid dienone is 4. The van der Waals surface area contributed by atoms with Crippen LogP contribution in [0.25, 0.3) is 27.5 Å². The summed E-state index contributed by atoms with van der Waals surface area (Å²) in [6.07, 6.45) is 3.54. The number of hydrogen-bond acceptors (Lipinski definition) is 7. The van der Waals surface area contributed by atoms with Gasteiger partial charge in [-0.1, -0.05) is 26.0 Å². The third kappa shape index (κ3) is 6.16. The molecule has 1 unspecified atom stereocenters. The van der Waals surface area contributed by atoms with Gasteiger partial charge in [0.25, 0.3) is 0 Å². The Hall–Kier alpha value is -3.78. The van der Waals surface area contributed by atoms with Gasteiger partial charge in [0, 0.05) is 43.9 Å². The van der Waals surface area contributed by atoms with Crippen molar-refractivity contribution in [3.63, 3.8) is 0 Å². The second-order valence-electron chi connectivity index (χ2n) is 10.7. The molecule has 0 bridgehead atoms. The molecular weight excluding hydrogens is 541 g/mol. The number of nitrogens with one attached hydrogen (secondary N) is 1. The van der Waals surface area contributed by atoms with Crippen molar-refractivity contribution < 1.29 is 13.9 Å². The fourth-order valence-corrected chi connectivity index (χ4v) is 5.80. The van der Waals surface area contributed by atoms with Gasteiger partial charge in [0.2, 0.25) is 5.95 Å². The number of aryl methyl sites for hydroxylation is 1. The molecule has 1 heterocycles. The molecule has 43 heavy (non-hydrogen) atoms. The molecule has 0 saturated carbocycles. The highest BCUT2D eigenvalue weighted by Crippen LogP contribution is 2.47. The lowest BCUT2D eigenvalue weighted by Crippen LogP contribution is -2.28. The summed E-state index contributed by atoms with van der Waals surface area (Å²) >= 11 is 0. The van der Waals surface area contributed by atoms with E-state index in [9.17, 15) is 0 Å². The molecule has 0 radical (unpaired) electrons. The van der Waals surface area contributed by atoms with E-state index in [2.05, 4.69) is 50.9 Å². The van der Waals surface area contributed by atoms with Gasteiger partial charge in [0.15, 0.2) is 6.79 Å². The molecule has 0 saturated heterocycles. The molecule has 2 aromatic carbocycles. The number of aliphatic imine (C=N–C) groups is 1. The lowest BCUT2D eigenvalue weighted by Gasteiger charge is -2.32. The standard InChI is InChI=1S/C35H46FN5O2/c1-10-21(7)38-33-26(12-3)31-32(39-35(37-13-4)40-34(31)41(14-5)15-6)22(8)29(33)27-19-24(43-20-42-9)18-23-16-17-28(36)25(11-2)30(23)27/h12,16-19,21H,10-11,13-15,20H2,1-9H3,(H,37,39,40)/b26-12-,38-33?. The number of hydrogen-bond donors (Lipinski definition) is 1. The third-order valence-corrected chi connectivity index (χ3v) is 8.12. The van der Waals surface area contributed by atoms with Crippen molar-refractivity contribution in [2.45, 2.75) is 74.3 Å². The van der Waals surface area contributed by atoms with Crippen LogP contribution in [0.4, 0.5) is 16.2 Å². The number of nitrogens with zero attached hydrogens (tertiary/aromatic N) is 4. The van der Waals surface area contributed by atoms with Gasteiger partial charge in [0.05, 0.1) is 17.0 Å². The van der Waals surface area contributed by atoms with Crippen LogP contribution in [0.5, 0.6) is 5.75 Å². The normalized spacial score (nSPS) is 15.8. The smallest absolute Gasteiger partial charge is 0.225 e. The maximum Gasteiger partial charge on any atom is 0.225 e. The largest absolute Gasteiger partial charge is 0.468 e. The monoisotopic (exact) mass is 587 g/mol. The zero-order chi connectivity index (χ0) is 31.3. The first kappa shape index (κ1) is 32.1. The first-order valence-electron chi connectivity index (χ1n) is 15.5. The second-order valence-corrected chi connectivity index (χ2v) is 10.7. The molecule has 1 aromatic heterocycles. The number of aromatic nitrogens is 2. The first-order chi connectivity index (χ1) is 20.8. The molecule has 0 amide bonds. The van der Waals surface area contributed by atoms with Crippen LogP contribution in [-0.2, 0) is 11.2 Å². The van der Waals surface area contributed by atoms with Crippen LogP contribution < -0.4 is 15.0 Å². The molecule has 1 N–H and O–H groups in total. The molecular formula is C35H46FN5O2. The summed E-state index contributed by atoms with van der Waals surface area (Å²) < 4.78 is 26.6. The fraction of sp³-hybridized carbons (Fsp3) is 0.457. The Morgan fingerprint density at radius 2 is 1.84 bits per heavy atom. The second kappa shape index (κ2) is 14.1. The lowest BCUT2D eigenvalue weighted by molar-refractivity contribution is 0.0512. The molecule has 1 aliphatic rings. The van der Waals surface area contributed by atoms with Gasteiger partial charge in [-0.25, -0.2) is 9.37 Å². The first-order valence-corrected chi connectivity index (χ1v) is 15.5. The van der Waals surface area contributed by atoms with Crippen LogP contribution in [0.15, 0.2) is 35.3 Å². The average molecular weight is 588 g/mol. The molecule has 7 nitrogen and oxygen atoms in total. The van der Waals surface area contributed by atoms with Gasteiger partial charge in [-0.05, 0) is 100 Å². The Labute approximate surface area is 255 Å². The van der Waals surface area contributed by atoms with Crippen molar-refractivity contribution in [1.29, 1.82) is 0 Å². The highest BCUT2D eigenvalue weighted by molar-refractivity contribution is 6.51. The maximum atomic E-state index is 15.4. The summed E-state index contributed by atoms with van der Waals surface area (Å²) in [7, 11) is 1.60. The quantitative estimate of drug-likeness (QED) is 0.216. The van der Waals surface area contributed by atoms with Gasteiger partial charge in [-0.3, -0.25) is 4.99 Å². The molecule has 1 aliphatic carbocycles. The van der Waals surface area contributed by atoms with Crippen LogP contribution in [0.2, 0.25) is 0 Å². The summed E-state index contributed by atoms with van der Waals surface area (Å²) in [4.78, 5) is 17.7. The van der Waals surface area contributed by atoms with E-state index in [0.717, 1.165) is 75.4 Å². The van der Waals surface area contributed by atoms with Crippen molar-refractivity contribution in [2.75, 3.05) is 43.8 Å². The minimum Gasteiger partial charge on any atom is -0.468 e. The lowest BCUT2D eigenvalue weighted by atomic mass is 9.78. The van der Waals surface area contributed by atoms with Crippen LogP contribution in [0.1, 0.15) is 84.2 Å². The van der Waals surface area contributed by atoms with Gasteiger partial charge in [0.1, 0.15) is 17.4 Å². The van der Waals surface area contributed by atoms with E-state index < -0.39 is 0 Å². The topological polar surface area (TPSA) is 71.9 Å². The molecule has 4 rings (SSSR count). The Kier molecular flexibility index (Phi) is 10.6. The van der Waals surface area contributed by atoms with Gasteiger partial charge in [-0.15, -0.1) is 0 Å². The highest BCUT2D eigenvalue weighted by atomic mass is 19.1. The number of rotatable bonds is 12. The summed E-state index contributed by atoms with van der Waals surface area (Å²) in [5, 5.41) is 5.11. The van der Waals surface area contributed by atoms with Crippen LogP contribution in [0.3, 0.4) is 0 Å². The van der Waals surface area contributed by atoms with E-state index in [1.54, 1.807) is 13.2 Å². The molecule has 8 heteroatoms. The summed E-state index contributed by atoms with van der Waals surface area (Å²) in [6, 6.07) is 7.39. The SMILES string of the molecule is C/C=C1\C(=NC(C)CC)C(c2cc(OCOC)cc3ccc(F)c(CC)c23)=C(C)c2nc(NCC)nc(N(CC)CC)c21. The van der Waals surface area contributed by atoms with Crippen molar-refractivity contribution in [2.24, 2.45) is 4.99 Å². The zero-order valence-corrected chi connectivity index (χ0v) is 27.2. The van der Waals surface area contributed by atoms with Crippen molar-refractivity contribution in [3.05, 3.63) is 58.5 Å². The summed E-state index contributed by atoms with van der Waals surface area (Å²) in [5.41, 5.74) is 7.12. The number of ether oxygens (including phenoxy) is 2. The van der Waals surface area contributed by atoms with E-state index in [1.165, 1.54) is 0 Å². The minimum atomic E-state index is -0.219. The number of methoxy groups -OCH3 is 1. The Balaban J connectivity index is 2.23. The van der Waals surface area contributed by atoms with Gasteiger partial charge in [-0.2, -0.15) is 4.98 Å². The summed E-state index contributed by atoms with van der Waals surface area (Å²) in [6.45, 7) is 19.1. The number of benzene rings is 2. The van der Waals surface area contributed by atoms with E-state index in [4.69, 9.17) is 24.4 Å². The Morgan fingerprint density at radius 3 is 2.44 bits per heavy atom. The number of halogens is 1.